The van der Waals surface area contributed by atoms with Gasteiger partial charge in [0.25, 0.3) is 0 Å². The van der Waals surface area contributed by atoms with Gasteiger partial charge in [0.05, 0.1) is 14.2 Å². The lowest BCUT2D eigenvalue weighted by Crippen LogP contribution is -2.24. The molecule has 0 atom stereocenters. The first kappa shape index (κ1) is 20.4. The van der Waals surface area contributed by atoms with Crippen LogP contribution in [0.2, 0.25) is 0 Å². The molecule has 164 valence electrons. The van der Waals surface area contributed by atoms with Crippen molar-refractivity contribution in [3.8, 4) is 22.6 Å². The van der Waals surface area contributed by atoms with Crippen molar-refractivity contribution in [3.05, 3.63) is 70.8 Å². The van der Waals surface area contributed by atoms with Gasteiger partial charge in [0.15, 0.2) is 23.1 Å². The van der Waals surface area contributed by atoms with Crippen LogP contribution < -0.4 is 14.8 Å². The Balaban J connectivity index is 1.56. The van der Waals surface area contributed by atoms with Crippen molar-refractivity contribution in [3.63, 3.8) is 0 Å². The van der Waals surface area contributed by atoms with Crippen LogP contribution in [0.4, 0.5) is 8.78 Å². The molecule has 0 amide bonds. The Morgan fingerprint density at radius 1 is 0.969 bits per heavy atom. The molecule has 1 aliphatic rings. The molecule has 0 unspecified atom stereocenters. The van der Waals surface area contributed by atoms with E-state index >= 15 is 0 Å². The van der Waals surface area contributed by atoms with Gasteiger partial charge in [-0.2, -0.15) is 0 Å². The molecular formula is C24H22F2N4O2. The Hall–Kier alpha value is -3.52. The minimum absolute atomic E-state index is 0.0166. The van der Waals surface area contributed by atoms with Gasteiger partial charge >= 0.3 is 0 Å². The lowest BCUT2D eigenvalue weighted by molar-refractivity contribution is 0.354. The second-order valence-electron chi connectivity index (χ2n) is 7.76. The molecule has 8 heteroatoms. The van der Waals surface area contributed by atoms with Crippen molar-refractivity contribution in [2.24, 2.45) is 0 Å². The second kappa shape index (κ2) is 8.20. The molecule has 0 aliphatic carbocycles. The second-order valence-corrected chi connectivity index (χ2v) is 7.76. The maximum Gasteiger partial charge on any atom is 0.171 e. The van der Waals surface area contributed by atoms with E-state index in [-0.39, 0.29) is 23.5 Å². The normalized spacial score (nSPS) is 13.2. The molecule has 0 bridgehead atoms. The molecule has 0 fully saturated rings. The summed E-state index contributed by atoms with van der Waals surface area (Å²) in [5, 5.41) is 4.15. The molecule has 4 heterocycles. The summed E-state index contributed by atoms with van der Waals surface area (Å²) in [5.74, 6) is -1.61. The van der Waals surface area contributed by atoms with Crippen LogP contribution >= 0.6 is 0 Å². The average Bonchev–Trinajstić information content (AvgIpc) is 3.23. The van der Waals surface area contributed by atoms with Crippen LogP contribution in [0, 0.1) is 11.6 Å². The van der Waals surface area contributed by atoms with Crippen LogP contribution in [0.1, 0.15) is 22.4 Å². The summed E-state index contributed by atoms with van der Waals surface area (Å²) in [5.41, 5.74) is 5.38. The Morgan fingerprint density at radius 2 is 1.69 bits per heavy atom. The Kier molecular flexibility index (Phi) is 5.22. The predicted octanol–water partition coefficient (Wildman–Crippen LogP) is 4.16. The van der Waals surface area contributed by atoms with Gasteiger partial charge in [-0.1, -0.05) is 0 Å². The predicted molar refractivity (Wildman–Crippen MR) is 117 cm³/mol. The topological polar surface area (TPSA) is 72.1 Å². The molecule has 1 aliphatic heterocycles. The lowest BCUT2D eigenvalue weighted by Gasteiger charge is -2.16. The summed E-state index contributed by atoms with van der Waals surface area (Å²) < 4.78 is 39.9. The van der Waals surface area contributed by atoms with Crippen LogP contribution in [0.25, 0.3) is 22.2 Å². The third-order valence-electron chi connectivity index (χ3n) is 5.90. The van der Waals surface area contributed by atoms with Crippen LogP contribution in [-0.2, 0) is 19.4 Å². The number of hydrogen-bond acceptors (Lipinski definition) is 5. The van der Waals surface area contributed by atoms with Gasteiger partial charge in [-0.3, -0.25) is 4.98 Å². The number of pyridine rings is 2. The number of benzene rings is 1. The fraction of sp³-hybridized carbons (Fsp3) is 0.250. The third kappa shape index (κ3) is 3.46. The molecule has 2 N–H and O–H groups in total. The Morgan fingerprint density at radius 3 is 2.44 bits per heavy atom. The number of halogens is 2. The fourth-order valence-corrected chi connectivity index (χ4v) is 4.15. The molecule has 5 rings (SSSR count). The van der Waals surface area contributed by atoms with Crippen LogP contribution in [0.5, 0.6) is 11.5 Å². The van der Waals surface area contributed by atoms with E-state index in [9.17, 15) is 8.78 Å². The number of rotatable bonds is 5. The molecule has 0 spiro atoms. The minimum Gasteiger partial charge on any atom is -0.494 e. The van der Waals surface area contributed by atoms with Crippen molar-refractivity contribution in [1.82, 2.24) is 20.3 Å². The zero-order chi connectivity index (χ0) is 22.2. The fourth-order valence-electron chi connectivity index (χ4n) is 4.15. The highest BCUT2D eigenvalue weighted by atomic mass is 19.1. The van der Waals surface area contributed by atoms with Crippen LogP contribution in [0.3, 0.4) is 0 Å². The van der Waals surface area contributed by atoms with Gasteiger partial charge in [-0.15, -0.1) is 0 Å². The van der Waals surface area contributed by atoms with E-state index in [2.05, 4.69) is 26.3 Å². The summed E-state index contributed by atoms with van der Waals surface area (Å²) in [6.07, 6.45) is 6.28. The first-order chi connectivity index (χ1) is 15.6. The van der Waals surface area contributed by atoms with Crippen LogP contribution in [-0.4, -0.2) is 35.7 Å². The molecule has 0 radical (unpaired) electrons. The van der Waals surface area contributed by atoms with Gasteiger partial charge in [0.1, 0.15) is 5.65 Å². The van der Waals surface area contributed by atoms with Crippen molar-refractivity contribution in [2.75, 3.05) is 20.8 Å². The summed E-state index contributed by atoms with van der Waals surface area (Å²) in [7, 11) is 2.67. The van der Waals surface area contributed by atoms with E-state index in [1.165, 1.54) is 25.8 Å². The number of nitrogens with zero attached hydrogens (tertiary/aromatic N) is 2. The highest BCUT2D eigenvalue weighted by Gasteiger charge is 2.21. The number of aromatic nitrogens is 3. The van der Waals surface area contributed by atoms with Gasteiger partial charge in [0.2, 0.25) is 0 Å². The van der Waals surface area contributed by atoms with Crippen molar-refractivity contribution >= 4 is 11.0 Å². The number of fused-ring (bicyclic) bond motifs is 2. The number of nitrogens with one attached hydrogen (secondary N) is 2. The Labute approximate surface area is 183 Å². The van der Waals surface area contributed by atoms with E-state index in [0.29, 0.717) is 5.65 Å². The smallest absolute Gasteiger partial charge is 0.171 e. The number of ether oxygens (including phenoxy) is 2. The maximum absolute atomic E-state index is 14.9. The third-order valence-corrected chi connectivity index (χ3v) is 5.90. The molecule has 4 aromatic rings. The van der Waals surface area contributed by atoms with E-state index in [0.717, 1.165) is 47.3 Å². The SMILES string of the molecule is COc1cc(OC)c(F)c(Cc2c[nH]c3ncc(-c4cnc5c(c4)CNCC5)cc23)c1F. The summed E-state index contributed by atoms with van der Waals surface area (Å²) in [6.45, 7) is 1.72. The molecule has 6 nitrogen and oxygen atoms in total. The molecular weight excluding hydrogens is 414 g/mol. The molecule has 32 heavy (non-hydrogen) atoms. The van der Waals surface area contributed by atoms with E-state index in [1.54, 1.807) is 12.4 Å². The number of hydrogen-bond donors (Lipinski definition) is 2. The first-order valence-electron chi connectivity index (χ1n) is 10.3. The number of methoxy groups -OCH3 is 2. The average molecular weight is 436 g/mol. The molecule has 1 aromatic carbocycles. The van der Waals surface area contributed by atoms with E-state index in [1.807, 2.05) is 12.3 Å². The minimum atomic E-state index is -0.740. The quantitative estimate of drug-likeness (QED) is 0.492. The van der Waals surface area contributed by atoms with Crippen molar-refractivity contribution < 1.29 is 18.3 Å². The van der Waals surface area contributed by atoms with Crippen molar-refractivity contribution in [2.45, 2.75) is 19.4 Å². The molecule has 0 saturated carbocycles. The number of aromatic amines is 1. The van der Waals surface area contributed by atoms with E-state index < -0.39 is 11.6 Å². The zero-order valence-corrected chi connectivity index (χ0v) is 17.8. The van der Waals surface area contributed by atoms with Gasteiger partial charge in [-0.25, -0.2) is 13.8 Å². The highest BCUT2D eigenvalue weighted by molar-refractivity contribution is 5.85. The van der Waals surface area contributed by atoms with Crippen LogP contribution in [0.15, 0.2) is 36.8 Å². The first-order valence-corrected chi connectivity index (χ1v) is 10.3. The molecule has 3 aromatic heterocycles. The van der Waals surface area contributed by atoms with Crippen molar-refractivity contribution in [1.29, 1.82) is 0 Å². The summed E-state index contributed by atoms with van der Waals surface area (Å²) in [4.78, 5) is 12.2. The molecule has 0 saturated heterocycles. The zero-order valence-electron chi connectivity index (χ0n) is 17.8. The Bertz CT molecular complexity index is 1290. The standard InChI is InChI=1S/C24H22F2N4O2/c1-31-20-8-21(32-2)23(26)18(22(20)25)7-15-12-30-24-17(15)6-14(11-29-24)13-5-16-9-27-4-3-19(16)28-10-13/h5-6,8,10-12,27H,3-4,7,9H2,1-2H3,(H,29,30). The summed E-state index contributed by atoms with van der Waals surface area (Å²) >= 11 is 0. The summed E-state index contributed by atoms with van der Waals surface area (Å²) in [6, 6.07) is 5.30. The van der Waals surface area contributed by atoms with Gasteiger partial charge < -0.3 is 19.8 Å². The van der Waals surface area contributed by atoms with Gasteiger partial charge in [-0.05, 0) is 23.3 Å². The monoisotopic (exact) mass is 436 g/mol. The highest BCUT2D eigenvalue weighted by Crippen LogP contribution is 2.34. The maximum atomic E-state index is 14.9. The largest absolute Gasteiger partial charge is 0.494 e. The van der Waals surface area contributed by atoms with E-state index in [4.69, 9.17) is 9.47 Å². The number of H-pyrrole nitrogens is 1. The van der Waals surface area contributed by atoms with Gasteiger partial charge in [0, 0.05) is 78.4 Å². The lowest BCUT2D eigenvalue weighted by atomic mass is 9.99.